The number of nitrogens with zero attached hydrogens (tertiary/aromatic N) is 4. The maximum absolute atomic E-state index is 12.6. The van der Waals surface area contributed by atoms with Crippen LogP contribution < -0.4 is 11.1 Å². The van der Waals surface area contributed by atoms with Gasteiger partial charge in [0.25, 0.3) is 12.4 Å². The number of carbonyl (C=O) groups excluding carboxylic acids is 1. The highest BCUT2D eigenvalue weighted by Crippen LogP contribution is 2.47. The van der Waals surface area contributed by atoms with E-state index in [0.717, 1.165) is 18.4 Å². The molecule has 0 aromatic carbocycles. The molecule has 4 rings (SSSR count). The molecule has 2 aliphatic rings. The van der Waals surface area contributed by atoms with Crippen molar-refractivity contribution in [1.82, 2.24) is 15.0 Å². The summed E-state index contributed by atoms with van der Waals surface area (Å²) in [6.07, 6.45) is -2.41. The van der Waals surface area contributed by atoms with E-state index in [2.05, 4.69) is 25.3 Å². The number of hydrogen-bond donors (Lipinski definition) is 3. The second-order valence-electron chi connectivity index (χ2n) is 7.12. The van der Waals surface area contributed by atoms with Crippen LogP contribution in [-0.4, -0.2) is 56.1 Å². The lowest BCUT2D eigenvalue weighted by Crippen LogP contribution is -2.49. The van der Waals surface area contributed by atoms with Gasteiger partial charge in [-0.1, -0.05) is 11.8 Å². The van der Waals surface area contributed by atoms with Gasteiger partial charge < -0.3 is 20.9 Å². The van der Waals surface area contributed by atoms with E-state index in [0.29, 0.717) is 23.0 Å². The molecule has 0 bridgehead atoms. The van der Waals surface area contributed by atoms with Crippen LogP contribution in [0.25, 0.3) is 0 Å². The predicted molar refractivity (Wildman–Crippen MR) is 115 cm³/mol. The number of hydrogen-bond acceptors (Lipinski definition) is 10. The summed E-state index contributed by atoms with van der Waals surface area (Å²) >= 11 is 2.82. The number of anilines is 1. The Hall–Kier alpha value is -2.78. The lowest BCUT2D eigenvalue weighted by Gasteiger charge is -2.44. The third kappa shape index (κ3) is 5.59. The number of amidine groups is 1. The number of amides is 1. The Morgan fingerprint density at radius 1 is 1.39 bits per heavy atom. The molecular formula is C18H19F3N6O4S2. The number of rotatable bonds is 3. The monoisotopic (exact) mass is 504 g/mol. The number of carbonyl (C=O) groups is 2. The van der Waals surface area contributed by atoms with Gasteiger partial charge in [-0.25, -0.2) is 19.9 Å². The smallest absolute Gasteiger partial charge is 0.434 e. The summed E-state index contributed by atoms with van der Waals surface area (Å²) in [6.45, 7) is 2.10. The third-order valence-corrected chi connectivity index (χ3v) is 6.88. The molecule has 0 radical (unpaired) electrons. The van der Waals surface area contributed by atoms with Crippen LogP contribution in [0.1, 0.15) is 34.5 Å². The standard InChI is InChI=1S/C17H17F3N6O2S2.CH2O2/c1-8-2-9-5-30-15(21)26-16(9,7-28-8)14-25-12(6-29-14)24-13(27)10-3-23-11(4-22-10)17(18,19)20;2-1-3/h3-4,6,8-9H,2,5,7H2,1H3,(H2,21,26)(H,24,27);1H,(H,2,3)/t8-,9-,16-;/m0./s1. The fraction of sp³-hybridized carbons (Fsp3) is 0.444. The molecule has 33 heavy (non-hydrogen) atoms. The van der Waals surface area contributed by atoms with E-state index in [1.165, 1.54) is 23.1 Å². The summed E-state index contributed by atoms with van der Waals surface area (Å²) in [6, 6.07) is 0. The first kappa shape index (κ1) is 24.9. The van der Waals surface area contributed by atoms with E-state index >= 15 is 0 Å². The molecule has 2 aromatic heterocycles. The number of nitrogens with two attached hydrogens (primary N) is 1. The minimum absolute atomic E-state index is 0.107. The van der Waals surface area contributed by atoms with Crippen molar-refractivity contribution in [3.05, 3.63) is 34.2 Å². The van der Waals surface area contributed by atoms with Crippen molar-refractivity contribution in [2.45, 2.75) is 31.2 Å². The summed E-state index contributed by atoms with van der Waals surface area (Å²) in [5, 5.41) is 12.2. The van der Waals surface area contributed by atoms with Crippen molar-refractivity contribution in [2.75, 3.05) is 17.7 Å². The maximum Gasteiger partial charge on any atom is 0.434 e. The highest BCUT2D eigenvalue weighted by molar-refractivity contribution is 8.13. The number of halogens is 3. The van der Waals surface area contributed by atoms with Gasteiger partial charge in [0.2, 0.25) is 0 Å². The molecule has 0 unspecified atom stereocenters. The molecule has 2 aliphatic heterocycles. The topological polar surface area (TPSA) is 153 Å². The molecular weight excluding hydrogens is 485 g/mol. The summed E-state index contributed by atoms with van der Waals surface area (Å²) in [4.78, 5) is 36.6. The van der Waals surface area contributed by atoms with Crippen molar-refractivity contribution in [3.63, 3.8) is 0 Å². The Morgan fingerprint density at radius 2 is 2.12 bits per heavy atom. The van der Waals surface area contributed by atoms with E-state index in [1.807, 2.05) is 6.92 Å². The zero-order valence-electron chi connectivity index (χ0n) is 17.1. The van der Waals surface area contributed by atoms with Crippen LogP contribution in [0.5, 0.6) is 0 Å². The number of thioether (sulfide) groups is 1. The second-order valence-corrected chi connectivity index (χ2v) is 9.02. The van der Waals surface area contributed by atoms with Crippen LogP contribution in [-0.2, 0) is 21.2 Å². The van der Waals surface area contributed by atoms with Gasteiger partial charge in [-0.05, 0) is 13.3 Å². The molecule has 3 atom stereocenters. The van der Waals surface area contributed by atoms with Gasteiger partial charge in [0.05, 0.1) is 25.1 Å². The van der Waals surface area contributed by atoms with E-state index in [1.54, 1.807) is 5.38 Å². The van der Waals surface area contributed by atoms with E-state index in [9.17, 15) is 18.0 Å². The molecule has 15 heteroatoms. The first-order valence-corrected chi connectivity index (χ1v) is 11.3. The van der Waals surface area contributed by atoms with Crippen LogP contribution >= 0.6 is 23.1 Å². The molecule has 4 heterocycles. The van der Waals surface area contributed by atoms with Crippen LogP contribution in [0.3, 0.4) is 0 Å². The van der Waals surface area contributed by atoms with E-state index in [-0.39, 0.29) is 30.0 Å². The fourth-order valence-corrected chi connectivity index (χ4v) is 5.35. The number of carboxylic acid groups (broad SMARTS) is 1. The fourth-order valence-electron chi connectivity index (χ4n) is 3.38. The minimum Gasteiger partial charge on any atom is -0.483 e. The molecule has 0 aliphatic carbocycles. The van der Waals surface area contributed by atoms with Gasteiger partial charge in [-0.15, -0.1) is 11.3 Å². The van der Waals surface area contributed by atoms with Gasteiger partial charge in [0, 0.05) is 17.1 Å². The van der Waals surface area contributed by atoms with Crippen LogP contribution in [0, 0.1) is 5.92 Å². The van der Waals surface area contributed by atoms with E-state index in [4.69, 9.17) is 20.4 Å². The number of thiazole rings is 1. The van der Waals surface area contributed by atoms with Gasteiger partial charge in [0.15, 0.2) is 10.9 Å². The molecule has 1 fully saturated rings. The SMILES string of the molecule is C[C@H]1C[C@H]2CSC(N)=N[C@@]2(c2nc(NC(=O)c3cnc(C(F)(F)F)cn3)cs2)CO1.O=CO. The molecule has 10 nitrogen and oxygen atoms in total. The summed E-state index contributed by atoms with van der Waals surface area (Å²) in [5.74, 6) is 0.526. The Bertz CT molecular complexity index is 1030. The number of aliphatic imine (C=N–C) groups is 1. The highest BCUT2D eigenvalue weighted by Gasteiger charge is 2.49. The van der Waals surface area contributed by atoms with Gasteiger partial charge >= 0.3 is 6.18 Å². The van der Waals surface area contributed by atoms with Crippen molar-refractivity contribution >= 4 is 46.5 Å². The Morgan fingerprint density at radius 3 is 2.76 bits per heavy atom. The molecule has 178 valence electrons. The Balaban J connectivity index is 0.000000968. The van der Waals surface area contributed by atoms with Crippen LogP contribution in [0.2, 0.25) is 0 Å². The van der Waals surface area contributed by atoms with Crippen molar-refractivity contribution < 1.29 is 32.6 Å². The normalized spacial score (nSPS) is 24.5. The predicted octanol–water partition coefficient (Wildman–Crippen LogP) is 2.59. The van der Waals surface area contributed by atoms with Crippen molar-refractivity contribution in [2.24, 2.45) is 16.6 Å². The first-order chi connectivity index (χ1) is 15.6. The zero-order valence-corrected chi connectivity index (χ0v) is 18.7. The molecule has 0 spiro atoms. The Labute approximate surface area is 193 Å². The largest absolute Gasteiger partial charge is 0.483 e. The quantitative estimate of drug-likeness (QED) is 0.535. The highest BCUT2D eigenvalue weighted by atomic mass is 32.2. The second kappa shape index (κ2) is 10.0. The summed E-state index contributed by atoms with van der Waals surface area (Å²) in [7, 11) is 0. The molecule has 0 saturated carbocycles. The molecule has 2 aromatic rings. The van der Waals surface area contributed by atoms with Crippen LogP contribution in [0.4, 0.5) is 19.0 Å². The zero-order chi connectivity index (χ0) is 24.2. The number of fused-ring (bicyclic) bond motifs is 1. The van der Waals surface area contributed by atoms with E-state index < -0.39 is 23.3 Å². The average molecular weight is 505 g/mol. The average Bonchev–Trinajstić information content (AvgIpc) is 3.23. The number of aromatic nitrogens is 3. The van der Waals surface area contributed by atoms with Crippen molar-refractivity contribution in [3.8, 4) is 0 Å². The summed E-state index contributed by atoms with van der Waals surface area (Å²) in [5.41, 5.74) is 3.85. The van der Waals surface area contributed by atoms with Crippen molar-refractivity contribution in [1.29, 1.82) is 0 Å². The molecule has 1 amide bonds. The summed E-state index contributed by atoms with van der Waals surface area (Å²) < 4.78 is 43.6. The van der Waals surface area contributed by atoms with Crippen LogP contribution in [0.15, 0.2) is 22.8 Å². The number of ether oxygens (including phenoxy) is 1. The Kier molecular flexibility index (Phi) is 7.54. The third-order valence-electron chi connectivity index (χ3n) is 4.91. The van der Waals surface area contributed by atoms with Gasteiger partial charge in [-0.3, -0.25) is 9.59 Å². The lowest BCUT2D eigenvalue weighted by atomic mass is 9.80. The minimum atomic E-state index is -4.62. The maximum atomic E-state index is 12.6. The van der Waals surface area contributed by atoms with Gasteiger partial charge in [-0.2, -0.15) is 13.2 Å². The molecule has 4 N–H and O–H groups in total. The lowest BCUT2D eigenvalue weighted by molar-refractivity contribution is -0.141. The number of alkyl halides is 3. The first-order valence-electron chi connectivity index (χ1n) is 9.43. The van der Waals surface area contributed by atoms with Gasteiger partial charge in [0.1, 0.15) is 22.1 Å². The number of nitrogens with one attached hydrogen (secondary N) is 1. The molecule has 1 saturated heterocycles.